The fourth-order valence-corrected chi connectivity index (χ4v) is 4.86. The molecule has 4 heteroatoms. The summed E-state index contributed by atoms with van der Waals surface area (Å²) in [4.78, 5) is 9.62. The minimum Gasteiger partial charge on any atom is -0.455 e. The number of benzene rings is 4. The average molecular weight is 452 g/mol. The van der Waals surface area contributed by atoms with Crippen molar-refractivity contribution in [2.75, 3.05) is 0 Å². The molecule has 0 amide bonds. The van der Waals surface area contributed by atoms with Gasteiger partial charge in [0, 0.05) is 28.9 Å². The molecule has 0 unspecified atom stereocenters. The molecule has 3 heterocycles. The van der Waals surface area contributed by atoms with Crippen LogP contribution in [0.2, 0.25) is 0 Å². The van der Waals surface area contributed by atoms with E-state index in [-0.39, 0.29) is 0 Å². The van der Waals surface area contributed by atoms with Crippen LogP contribution in [0.5, 0.6) is 0 Å². The Bertz CT molecular complexity index is 1840. The summed E-state index contributed by atoms with van der Waals surface area (Å²) in [5.74, 6) is 0.813. The molecule has 166 valence electrons. The maximum atomic E-state index is 6.39. The van der Waals surface area contributed by atoms with Crippen molar-refractivity contribution in [3.05, 3.63) is 115 Å². The molecule has 0 saturated heterocycles. The number of hydrogen-bond acceptors (Lipinski definition) is 3. The van der Waals surface area contributed by atoms with E-state index in [1.54, 1.807) is 0 Å². The number of nitrogens with zero attached hydrogens (tertiary/aromatic N) is 3. The molecule has 0 spiro atoms. The molecule has 4 aromatic carbocycles. The summed E-state index contributed by atoms with van der Waals surface area (Å²) in [7, 11) is 0. The van der Waals surface area contributed by atoms with E-state index in [9.17, 15) is 0 Å². The lowest BCUT2D eigenvalue weighted by Gasteiger charge is -2.11. The molecule has 0 atom stereocenters. The molecular weight excluding hydrogens is 430 g/mol. The van der Waals surface area contributed by atoms with Crippen LogP contribution in [0.25, 0.3) is 61.2 Å². The first-order valence-electron chi connectivity index (χ1n) is 11.7. The molecule has 0 bridgehead atoms. The third kappa shape index (κ3) is 3.15. The maximum absolute atomic E-state index is 6.39. The third-order valence-corrected chi connectivity index (χ3v) is 6.57. The van der Waals surface area contributed by atoms with E-state index in [0.717, 1.165) is 55.6 Å². The molecule has 0 N–H and O–H groups in total. The first-order chi connectivity index (χ1) is 17.3. The Morgan fingerprint density at radius 1 is 0.714 bits per heavy atom. The molecule has 4 nitrogen and oxygen atoms in total. The summed E-state index contributed by atoms with van der Waals surface area (Å²) in [5, 5.41) is 2.06. The number of aromatic nitrogens is 3. The largest absolute Gasteiger partial charge is 0.455 e. The Morgan fingerprint density at radius 3 is 2.34 bits per heavy atom. The van der Waals surface area contributed by atoms with Gasteiger partial charge in [0.2, 0.25) is 0 Å². The van der Waals surface area contributed by atoms with Crippen LogP contribution in [0.1, 0.15) is 5.56 Å². The lowest BCUT2D eigenvalue weighted by Crippen LogP contribution is -1.98. The Kier molecular flexibility index (Phi) is 4.33. The second kappa shape index (κ2) is 7.67. The molecule has 35 heavy (non-hydrogen) atoms. The maximum Gasteiger partial charge on any atom is 0.151 e. The summed E-state index contributed by atoms with van der Waals surface area (Å²) in [5.41, 5.74) is 9.09. The number of pyridine rings is 1. The SMILES string of the molecule is Cc1ccc2c(c1)oc1c(-c3nc4ccccc4n3-c3ccc(-c4ccccc4)cc3)cncc12. The minimum absolute atomic E-state index is 0.804. The number of hydrogen-bond donors (Lipinski definition) is 0. The second-order valence-electron chi connectivity index (χ2n) is 8.84. The van der Waals surface area contributed by atoms with Gasteiger partial charge < -0.3 is 4.42 Å². The van der Waals surface area contributed by atoms with Crippen LogP contribution in [-0.2, 0) is 0 Å². The molecule has 0 aliphatic rings. The number of fused-ring (bicyclic) bond motifs is 4. The number of furan rings is 1. The predicted molar refractivity (Wildman–Crippen MR) is 142 cm³/mol. The number of rotatable bonds is 3. The lowest BCUT2D eigenvalue weighted by molar-refractivity contribution is 0.668. The van der Waals surface area contributed by atoms with Crippen molar-refractivity contribution in [2.24, 2.45) is 0 Å². The van der Waals surface area contributed by atoms with E-state index in [4.69, 9.17) is 9.40 Å². The smallest absolute Gasteiger partial charge is 0.151 e. The highest BCUT2D eigenvalue weighted by Gasteiger charge is 2.20. The summed E-state index contributed by atoms with van der Waals surface area (Å²) >= 11 is 0. The molecule has 7 aromatic rings. The highest BCUT2D eigenvalue weighted by molar-refractivity contribution is 6.09. The highest BCUT2D eigenvalue weighted by atomic mass is 16.3. The third-order valence-electron chi connectivity index (χ3n) is 6.57. The topological polar surface area (TPSA) is 43.9 Å². The Balaban J connectivity index is 1.47. The normalized spacial score (nSPS) is 11.6. The Labute approximate surface area is 202 Å². The zero-order valence-corrected chi connectivity index (χ0v) is 19.1. The Hall–Kier alpha value is -4.70. The van der Waals surface area contributed by atoms with E-state index < -0.39 is 0 Å². The molecule has 0 aliphatic heterocycles. The van der Waals surface area contributed by atoms with Crippen molar-refractivity contribution in [3.63, 3.8) is 0 Å². The van der Waals surface area contributed by atoms with Crippen molar-refractivity contribution < 1.29 is 4.42 Å². The van der Waals surface area contributed by atoms with Gasteiger partial charge in [-0.15, -0.1) is 0 Å². The van der Waals surface area contributed by atoms with E-state index in [0.29, 0.717) is 0 Å². The number of aryl methyl sites for hydroxylation is 1. The summed E-state index contributed by atoms with van der Waals surface area (Å²) < 4.78 is 8.58. The zero-order valence-electron chi connectivity index (χ0n) is 19.1. The second-order valence-corrected chi connectivity index (χ2v) is 8.84. The van der Waals surface area contributed by atoms with Crippen LogP contribution < -0.4 is 0 Å². The van der Waals surface area contributed by atoms with Crippen LogP contribution >= 0.6 is 0 Å². The standard InChI is InChI=1S/C31H21N3O/c1-20-11-16-24-25-18-32-19-26(30(25)35-29(24)17-20)31-33-27-9-5-6-10-28(27)34(31)23-14-12-22(13-15-23)21-7-3-2-4-8-21/h2-19H,1H3. The van der Waals surface area contributed by atoms with Gasteiger partial charge in [-0.05, 0) is 53.9 Å². The van der Waals surface area contributed by atoms with Gasteiger partial charge in [-0.25, -0.2) is 4.98 Å². The molecule has 3 aromatic heterocycles. The van der Waals surface area contributed by atoms with Crippen LogP contribution in [0.15, 0.2) is 114 Å². The fraction of sp³-hybridized carbons (Fsp3) is 0.0323. The van der Waals surface area contributed by atoms with Gasteiger partial charge in [0.15, 0.2) is 5.82 Å². The monoisotopic (exact) mass is 451 g/mol. The molecular formula is C31H21N3O. The molecule has 0 aliphatic carbocycles. The minimum atomic E-state index is 0.804. The van der Waals surface area contributed by atoms with E-state index in [1.807, 2.05) is 36.7 Å². The van der Waals surface area contributed by atoms with Crippen LogP contribution in [-0.4, -0.2) is 14.5 Å². The number of imidazole rings is 1. The molecule has 0 fully saturated rings. The summed E-state index contributed by atoms with van der Waals surface area (Å²) in [6.45, 7) is 2.07. The van der Waals surface area contributed by atoms with Crippen molar-refractivity contribution >= 4 is 33.0 Å². The van der Waals surface area contributed by atoms with Gasteiger partial charge in [0.05, 0.1) is 16.6 Å². The van der Waals surface area contributed by atoms with Crippen molar-refractivity contribution in [1.29, 1.82) is 0 Å². The summed E-state index contributed by atoms with van der Waals surface area (Å²) in [6.07, 6.45) is 3.73. The van der Waals surface area contributed by atoms with E-state index in [2.05, 4.69) is 89.3 Å². The van der Waals surface area contributed by atoms with Gasteiger partial charge in [-0.2, -0.15) is 0 Å². The van der Waals surface area contributed by atoms with Gasteiger partial charge >= 0.3 is 0 Å². The summed E-state index contributed by atoms with van der Waals surface area (Å²) in [6, 6.07) is 33.5. The van der Waals surface area contributed by atoms with Crippen LogP contribution in [0.4, 0.5) is 0 Å². The Morgan fingerprint density at radius 2 is 1.49 bits per heavy atom. The van der Waals surface area contributed by atoms with Gasteiger partial charge in [0.25, 0.3) is 0 Å². The van der Waals surface area contributed by atoms with Crippen LogP contribution in [0, 0.1) is 6.92 Å². The molecule has 7 rings (SSSR count). The number of para-hydroxylation sites is 2. The quantitative estimate of drug-likeness (QED) is 0.274. The first kappa shape index (κ1) is 19.7. The van der Waals surface area contributed by atoms with Crippen molar-refractivity contribution in [1.82, 2.24) is 14.5 Å². The van der Waals surface area contributed by atoms with Crippen molar-refractivity contribution in [3.8, 4) is 28.2 Å². The van der Waals surface area contributed by atoms with Crippen LogP contribution in [0.3, 0.4) is 0 Å². The van der Waals surface area contributed by atoms with E-state index in [1.165, 1.54) is 11.1 Å². The highest BCUT2D eigenvalue weighted by Crippen LogP contribution is 2.37. The van der Waals surface area contributed by atoms with Gasteiger partial charge in [0.1, 0.15) is 11.2 Å². The lowest BCUT2D eigenvalue weighted by atomic mass is 10.1. The predicted octanol–water partition coefficient (Wildman–Crippen LogP) is 7.96. The first-order valence-corrected chi connectivity index (χ1v) is 11.7. The average Bonchev–Trinajstić information content (AvgIpc) is 3.47. The zero-order chi connectivity index (χ0) is 23.4. The van der Waals surface area contributed by atoms with Gasteiger partial charge in [-0.3, -0.25) is 9.55 Å². The van der Waals surface area contributed by atoms with E-state index >= 15 is 0 Å². The van der Waals surface area contributed by atoms with Gasteiger partial charge in [-0.1, -0.05) is 66.7 Å². The molecule has 0 saturated carbocycles. The fourth-order valence-electron chi connectivity index (χ4n) is 4.86. The van der Waals surface area contributed by atoms with Crippen molar-refractivity contribution in [2.45, 2.75) is 6.92 Å². The molecule has 0 radical (unpaired) electrons.